The van der Waals surface area contributed by atoms with Gasteiger partial charge in [0.15, 0.2) is 0 Å². The Balaban J connectivity index is 1.51. The van der Waals surface area contributed by atoms with Crippen molar-refractivity contribution in [2.75, 3.05) is 18.1 Å². The number of thioether (sulfide) groups is 1. The molecule has 0 radical (unpaired) electrons. The van der Waals surface area contributed by atoms with Gasteiger partial charge < -0.3 is 15.2 Å². The fraction of sp³-hybridized carbons (Fsp3) is 0.333. The van der Waals surface area contributed by atoms with Crippen molar-refractivity contribution >= 4 is 17.6 Å². The summed E-state index contributed by atoms with van der Waals surface area (Å²) in [5.41, 5.74) is 6.13. The number of hydrogen-bond donors (Lipinski definition) is 1. The van der Waals surface area contributed by atoms with Crippen LogP contribution < -0.4 is 11.4 Å². The van der Waals surface area contributed by atoms with Gasteiger partial charge >= 0.3 is 5.69 Å². The molecule has 2 atom stereocenters. The van der Waals surface area contributed by atoms with E-state index in [1.165, 1.54) is 4.57 Å². The molecule has 2 heterocycles. The van der Waals surface area contributed by atoms with Gasteiger partial charge in [-0.3, -0.25) is 4.57 Å². The topological polar surface area (TPSA) is 79.4 Å². The van der Waals surface area contributed by atoms with Crippen LogP contribution in [0.5, 0.6) is 0 Å². The highest BCUT2D eigenvalue weighted by atomic mass is 32.2. The Bertz CT molecular complexity index is 677. The van der Waals surface area contributed by atoms with Crippen LogP contribution in [0.4, 0.5) is 5.82 Å². The maximum Gasteiger partial charge on any atom is 0.351 e. The molecule has 6 nitrogen and oxygen atoms in total. The molecule has 1 aliphatic heterocycles. The van der Waals surface area contributed by atoms with Crippen LogP contribution in [0, 0.1) is 0 Å². The monoisotopic (exact) mass is 319 g/mol. The second kappa shape index (κ2) is 6.95. The third-order valence-electron chi connectivity index (χ3n) is 3.26. The Labute approximate surface area is 132 Å². The molecule has 116 valence electrons. The molecule has 1 aliphatic rings. The fourth-order valence-electron chi connectivity index (χ4n) is 2.17. The van der Waals surface area contributed by atoms with Gasteiger partial charge in [0.25, 0.3) is 0 Å². The standard InChI is InChI=1S/C15H17N3O3S/c16-12-6-7-18(15(19)17-12)13-10-22-14(21-13)9-20-8-11-4-2-1-3-5-11/h1-7,13-14H,8-10H2,(H2,16,17,19). The highest BCUT2D eigenvalue weighted by molar-refractivity contribution is 8.00. The first-order chi connectivity index (χ1) is 10.7. The second-order valence-corrected chi connectivity index (χ2v) is 6.09. The molecule has 0 aliphatic carbocycles. The summed E-state index contributed by atoms with van der Waals surface area (Å²) >= 11 is 1.63. The van der Waals surface area contributed by atoms with Gasteiger partial charge in [-0.2, -0.15) is 4.98 Å². The van der Waals surface area contributed by atoms with Gasteiger partial charge in [-0.05, 0) is 11.6 Å². The van der Waals surface area contributed by atoms with Crippen LogP contribution >= 0.6 is 11.8 Å². The molecule has 0 amide bonds. The number of anilines is 1. The molecule has 22 heavy (non-hydrogen) atoms. The zero-order valence-electron chi connectivity index (χ0n) is 11.9. The van der Waals surface area contributed by atoms with Gasteiger partial charge in [-0.15, -0.1) is 11.8 Å². The largest absolute Gasteiger partial charge is 0.383 e. The molecule has 1 aromatic carbocycles. The summed E-state index contributed by atoms with van der Waals surface area (Å²) in [6.45, 7) is 1.03. The van der Waals surface area contributed by atoms with Crippen molar-refractivity contribution in [1.82, 2.24) is 9.55 Å². The van der Waals surface area contributed by atoms with E-state index in [0.717, 1.165) is 5.56 Å². The van der Waals surface area contributed by atoms with E-state index in [2.05, 4.69) is 4.98 Å². The summed E-state index contributed by atoms with van der Waals surface area (Å²) in [6.07, 6.45) is 1.29. The number of hydrogen-bond acceptors (Lipinski definition) is 6. The minimum absolute atomic E-state index is 0.0850. The van der Waals surface area contributed by atoms with Crippen molar-refractivity contribution in [1.29, 1.82) is 0 Å². The zero-order valence-corrected chi connectivity index (χ0v) is 12.7. The van der Waals surface area contributed by atoms with Crippen LogP contribution in [0.2, 0.25) is 0 Å². The molecule has 7 heteroatoms. The fourth-order valence-corrected chi connectivity index (χ4v) is 3.19. The Kier molecular flexibility index (Phi) is 4.77. The highest BCUT2D eigenvalue weighted by Crippen LogP contribution is 2.31. The van der Waals surface area contributed by atoms with E-state index < -0.39 is 5.69 Å². The van der Waals surface area contributed by atoms with Crippen LogP contribution in [-0.4, -0.2) is 27.3 Å². The van der Waals surface area contributed by atoms with Gasteiger partial charge in [-0.25, -0.2) is 4.79 Å². The number of rotatable bonds is 5. The smallest absolute Gasteiger partial charge is 0.351 e. The lowest BCUT2D eigenvalue weighted by molar-refractivity contribution is -0.0282. The maximum atomic E-state index is 11.8. The SMILES string of the molecule is Nc1ccn(C2CSC(COCc3ccccc3)O2)c(=O)n1. The van der Waals surface area contributed by atoms with Crippen LogP contribution in [0.3, 0.4) is 0 Å². The van der Waals surface area contributed by atoms with Gasteiger partial charge in [0.05, 0.1) is 13.2 Å². The number of nitrogens with two attached hydrogens (primary N) is 1. The first-order valence-electron chi connectivity index (χ1n) is 6.96. The Morgan fingerprint density at radius 2 is 2.18 bits per heavy atom. The molecule has 1 fully saturated rings. The van der Waals surface area contributed by atoms with E-state index in [0.29, 0.717) is 19.0 Å². The summed E-state index contributed by atoms with van der Waals surface area (Å²) in [6, 6.07) is 11.6. The third kappa shape index (κ3) is 3.68. The van der Waals surface area contributed by atoms with Crippen molar-refractivity contribution < 1.29 is 9.47 Å². The molecule has 0 spiro atoms. The average molecular weight is 319 g/mol. The number of aromatic nitrogens is 2. The molecular formula is C15H17N3O3S. The lowest BCUT2D eigenvalue weighted by Crippen LogP contribution is -2.28. The number of nitrogens with zero attached hydrogens (tertiary/aromatic N) is 2. The van der Waals surface area contributed by atoms with Gasteiger partial charge in [0.2, 0.25) is 0 Å². The van der Waals surface area contributed by atoms with E-state index in [1.54, 1.807) is 24.0 Å². The van der Waals surface area contributed by atoms with Gasteiger partial charge in [0, 0.05) is 11.9 Å². The Morgan fingerprint density at radius 1 is 1.36 bits per heavy atom. The van der Waals surface area contributed by atoms with Crippen molar-refractivity contribution in [3.63, 3.8) is 0 Å². The number of ether oxygens (including phenoxy) is 2. The molecule has 2 N–H and O–H groups in total. The second-order valence-electron chi connectivity index (χ2n) is 4.90. The molecular weight excluding hydrogens is 302 g/mol. The van der Waals surface area contributed by atoms with Crippen molar-refractivity contribution in [3.05, 3.63) is 58.6 Å². The van der Waals surface area contributed by atoms with Crippen LogP contribution in [0.1, 0.15) is 11.8 Å². The summed E-state index contributed by atoms with van der Waals surface area (Å²) < 4.78 is 13.0. The van der Waals surface area contributed by atoms with Gasteiger partial charge in [-0.1, -0.05) is 30.3 Å². The molecule has 2 unspecified atom stereocenters. The summed E-state index contributed by atoms with van der Waals surface area (Å²) in [7, 11) is 0. The average Bonchev–Trinajstić information content (AvgIpc) is 2.97. The highest BCUT2D eigenvalue weighted by Gasteiger charge is 2.28. The van der Waals surface area contributed by atoms with Crippen LogP contribution in [0.25, 0.3) is 0 Å². The van der Waals surface area contributed by atoms with Gasteiger partial charge in [0.1, 0.15) is 17.5 Å². The third-order valence-corrected chi connectivity index (χ3v) is 4.36. The van der Waals surface area contributed by atoms with E-state index in [4.69, 9.17) is 15.2 Å². The van der Waals surface area contributed by atoms with E-state index >= 15 is 0 Å². The first kappa shape index (κ1) is 15.1. The maximum absolute atomic E-state index is 11.8. The summed E-state index contributed by atoms with van der Waals surface area (Å²) in [4.78, 5) is 15.5. The van der Waals surface area contributed by atoms with Crippen molar-refractivity contribution in [2.24, 2.45) is 0 Å². The van der Waals surface area contributed by atoms with Crippen LogP contribution in [0.15, 0.2) is 47.4 Å². The molecule has 3 rings (SSSR count). The molecule has 2 aromatic rings. The minimum atomic E-state index is -0.392. The predicted octanol–water partition coefficient (Wildman–Crippen LogP) is 1.63. The predicted molar refractivity (Wildman–Crippen MR) is 85.4 cm³/mol. The zero-order chi connectivity index (χ0) is 15.4. The van der Waals surface area contributed by atoms with Crippen LogP contribution in [-0.2, 0) is 16.1 Å². The number of benzene rings is 1. The quantitative estimate of drug-likeness (QED) is 0.902. The Hall–Kier alpha value is -1.83. The number of nitrogen functional groups attached to an aromatic ring is 1. The van der Waals surface area contributed by atoms with E-state index in [9.17, 15) is 4.79 Å². The van der Waals surface area contributed by atoms with Crippen molar-refractivity contribution in [3.8, 4) is 0 Å². The normalized spacial score (nSPS) is 21.1. The minimum Gasteiger partial charge on any atom is -0.383 e. The molecule has 0 saturated carbocycles. The lowest BCUT2D eigenvalue weighted by Gasteiger charge is -2.14. The molecule has 0 bridgehead atoms. The Morgan fingerprint density at radius 3 is 2.95 bits per heavy atom. The summed E-state index contributed by atoms with van der Waals surface area (Å²) in [5, 5.41) is 0. The molecule has 1 saturated heterocycles. The first-order valence-corrected chi connectivity index (χ1v) is 8.00. The van der Waals surface area contributed by atoms with E-state index in [1.807, 2.05) is 30.3 Å². The molecule has 1 aromatic heterocycles. The van der Waals surface area contributed by atoms with Crippen molar-refractivity contribution in [2.45, 2.75) is 18.3 Å². The summed E-state index contributed by atoms with van der Waals surface area (Å²) in [5.74, 6) is 0.903. The lowest BCUT2D eigenvalue weighted by atomic mass is 10.2. The van der Waals surface area contributed by atoms with E-state index in [-0.39, 0.29) is 17.5 Å².